The standard InChI is InChI=1S/C7H14N2O3/c1-8-4-2-7(10,3-5-8)6-9(11)12/h10H,2-6H2,1H3. The van der Waals surface area contributed by atoms with E-state index in [-0.39, 0.29) is 6.54 Å². The highest BCUT2D eigenvalue weighted by Crippen LogP contribution is 2.20. The molecule has 1 rings (SSSR count). The van der Waals surface area contributed by atoms with Gasteiger partial charge in [-0.25, -0.2) is 0 Å². The van der Waals surface area contributed by atoms with E-state index in [0.717, 1.165) is 13.1 Å². The Labute approximate surface area is 71.1 Å². The molecule has 0 amide bonds. The maximum atomic E-state index is 10.2. The Balaban J connectivity index is 2.44. The third kappa shape index (κ3) is 2.42. The Morgan fingerprint density at radius 1 is 1.58 bits per heavy atom. The van der Waals surface area contributed by atoms with Crippen LogP contribution in [0.3, 0.4) is 0 Å². The molecule has 0 atom stereocenters. The largest absolute Gasteiger partial charge is 0.383 e. The normalized spacial score (nSPS) is 23.8. The summed E-state index contributed by atoms with van der Waals surface area (Å²) in [5.74, 6) is 0. The van der Waals surface area contributed by atoms with Crippen molar-refractivity contribution in [3.63, 3.8) is 0 Å². The van der Waals surface area contributed by atoms with Crippen molar-refractivity contribution in [2.75, 3.05) is 26.7 Å². The van der Waals surface area contributed by atoms with Gasteiger partial charge in [0.05, 0.1) is 0 Å². The molecule has 0 spiro atoms. The number of nitrogens with zero attached hydrogens (tertiary/aromatic N) is 2. The van der Waals surface area contributed by atoms with Crippen molar-refractivity contribution in [1.29, 1.82) is 0 Å². The van der Waals surface area contributed by atoms with E-state index < -0.39 is 10.5 Å². The summed E-state index contributed by atoms with van der Waals surface area (Å²) in [6.45, 7) is 1.16. The monoisotopic (exact) mass is 174 g/mol. The van der Waals surface area contributed by atoms with Gasteiger partial charge in [-0.3, -0.25) is 10.1 Å². The van der Waals surface area contributed by atoms with Crippen molar-refractivity contribution in [3.05, 3.63) is 10.1 Å². The quantitative estimate of drug-likeness (QED) is 0.462. The summed E-state index contributed by atoms with van der Waals surface area (Å²) in [6, 6.07) is 0. The maximum absolute atomic E-state index is 10.2. The van der Waals surface area contributed by atoms with Crippen LogP contribution in [0.25, 0.3) is 0 Å². The molecule has 0 radical (unpaired) electrons. The lowest BCUT2D eigenvalue weighted by atomic mass is 9.92. The van der Waals surface area contributed by atoms with Crippen molar-refractivity contribution in [3.8, 4) is 0 Å². The van der Waals surface area contributed by atoms with E-state index in [9.17, 15) is 15.2 Å². The number of aliphatic hydroxyl groups is 1. The van der Waals surface area contributed by atoms with Crippen LogP contribution in [0.2, 0.25) is 0 Å². The zero-order valence-electron chi connectivity index (χ0n) is 7.19. The molecular formula is C7H14N2O3. The van der Waals surface area contributed by atoms with Gasteiger partial charge in [0.1, 0.15) is 5.60 Å². The molecule has 5 heteroatoms. The molecule has 1 fully saturated rings. The molecule has 0 aromatic heterocycles. The molecule has 70 valence electrons. The van der Waals surface area contributed by atoms with Crippen molar-refractivity contribution >= 4 is 0 Å². The first kappa shape index (κ1) is 9.41. The van der Waals surface area contributed by atoms with Gasteiger partial charge >= 0.3 is 0 Å². The van der Waals surface area contributed by atoms with Gasteiger partial charge in [0, 0.05) is 18.0 Å². The van der Waals surface area contributed by atoms with Crippen LogP contribution in [-0.2, 0) is 0 Å². The average Bonchev–Trinajstić information content (AvgIpc) is 1.94. The summed E-state index contributed by atoms with van der Waals surface area (Å²) in [4.78, 5) is 11.8. The molecule has 0 unspecified atom stereocenters. The Morgan fingerprint density at radius 3 is 2.50 bits per heavy atom. The van der Waals surface area contributed by atoms with E-state index in [1.165, 1.54) is 0 Å². The van der Waals surface area contributed by atoms with Gasteiger partial charge in [0.15, 0.2) is 0 Å². The molecule has 1 aliphatic rings. The second-order valence-electron chi connectivity index (χ2n) is 3.52. The second kappa shape index (κ2) is 3.37. The molecule has 0 aromatic rings. The molecule has 0 aromatic carbocycles. The number of rotatable bonds is 2. The number of nitro groups is 1. The number of hydrogen-bond donors (Lipinski definition) is 1. The summed E-state index contributed by atoms with van der Waals surface area (Å²) >= 11 is 0. The molecule has 1 saturated heterocycles. The van der Waals surface area contributed by atoms with Crippen LogP contribution in [0, 0.1) is 10.1 Å². The van der Waals surface area contributed by atoms with Crippen LogP contribution in [0.5, 0.6) is 0 Å². The summed E-state index contributed by atoms with van der Waals surface area (Å²) in [7, 11) is 1.95. The lowest BCUT2D eigenvalue weighted by molar-refractivity contribution is -0.502. The highest BCUT2D eigenvalue weighted by Gasteiger charge is 2.35. The molecule has 5 nitrogen and oxygen atoms in total. The minimum absolute atomic E-state index is 0.319. The van der Waals surface area contributed by atoms with E-state index in [2.05, 4.69) is 4.90 Å². The highest BCUT2D eigenvalue weighted by atomic mass is 16.6. The van der Waals surface area contributed by atoms with E-state index in [4.69, 9.17) is 0 Å². The fourth-order valence-electron chi connectivity index (χ4n) is 1.43. The van der Waals surface area contributed by atoms with Gasteiger partial charge in [-0.2, -0.15) is 0 Å². The van der Waals surface area contributed by atoms with Crippen molar-refractivity contribution < 1.29 is 10.0 Å². The Morgan fingerprint density at radius 2 is 2.08 bits per heavy atom. The molecule has 1 N–H and O–H groups in total. The zero-order chi connectivity index (χ0) is 9.19. The van der Waals surface area contributed by atoms with E-state index in [1.807, 2.05) is 7.05 Å². The number of piperidine rings is 1. The first-order valence-electron chi connectivity index (χ1n) is 4.05. The predicted molar refractivity (Wildman–Crippen MR) is 43.5 cm³/mol. The summed E-state index contributed by atoms with van der Waals surface area (Å²) in [5.41, 5.74) is -1.06. The topological polar surface area (TPSA) is 66.6 Å². The van der Waals surface area contributed by atoms with Gasteiger partial charge < -0.3 is 10.0 Å². The molecular weight excluding hydrogens is 160 g/mol. The second-order valence-corrected chi connectivity index (χ2v) is 3.52. The number of likely N-dealkylation sites (tertiary alicyclic amines) is 1. The fourth-order valence-corrected chi connectivity index (χ4v) is 1.43. The maximum Gasteiger partial charge on any atom is 0.232 e. The van der Waals surface area contributed by atoms with E-state index in [1.54, 1.807) is 0 Å². The zero-order valence-corrected chi connectivity index (χ0v) is 7.19. The SMILES string of the molecule is CN1CCC(O)(C[N+](=O)[O-])CC1. The van der Waals surface area contributed by atoms with Gasteiger partial charge in [0.2, 0.25) is 6.54 Å². The first-order chi connectivity index (χ1) is 5.52. The predicted octanol–water partition coefficient (Wildman–Crippen LogP) is -0.280. The third-order valence-corrected chi connectivity index (χ3v) is 2.34. The Hall–Kier alpha value is -0.680. The van der Waals surface area contributed by atoms with Crippen LogP contribution in [-0.4, -0.2) is 47.2 Å². The molecule has 12 heavy (non-hydrogen) atoms. The van der Waals surface area contributed by atoms with E-state index in [0.29, 0.717) is 12.8 Å². The Bertz CT molecular complexity index is 175. The lowest BCUT2D eigenvalue weighted by Crippen LogP contribution is -2.47. The van der Waals surface area contributed by atoms with Crippen molar-refractivity contribution in [2.24, 2.45) is 0 Å². The minimum atomic E-state index is -1.06. The van der Waals surface area contributed by atoms with Gasteiger partial charge in [-0.15, -0.1) is 0 Å². The summed E-state index contributed by atoms with van der Waals surface area (Å²) in [6.07, 6.45) is 1.01. The molecule has 0 bridgehead atoms. The smallest absolute Gasteiger partial charge is 0.232 e. The minimum Gasteiger partial charge on any atom is -0.383 e. The van der Waals surface area contributed by atoms with Crippen LogP contribution in [0.4, 0.5) is 0 Å². The van der Waals surface area contributed by atoms with Gasteiger partial charge in [0.25, 0.3) is 0 Å². The van der Waals surface area contributed by atoms with Crippen LogP contribution >= 0.6 is 0 Å². The average molecular weight is 174 g/mol. The lowest BCUT2D eigenvalue weighted by Gasteiger charge is -2.33. The molecule has 1 aliphatic heterocycles. The summed E-state index contributed by atoms with van der Waals surface area (Å²) < 4.78 is 0. The first-order valence-corrected chi connectivity index (χ1v) is 4.05. The number of hydrogen-bond acceptors (Lipinski definition) is 4. The van der Waals surface area contributed by atoms with Gasteiger partial charge in [-0.1, -0.05) is 0 Å². The molecule has 0 saturated carbocycles. The molecule has 0 aliphatic carbocycles. The van der Waals surface area contributed by atoms with Crippen LogP contribution < -0.4 is 0 Å². The van der Waals surface area contributed by atoms with Gasteiger partial charge in [-0.05, 0) is 19.9 Å². The van der Waals surface area contributed by atoms with Crippen LogP contribution in [0.15, 0.2) is 0 Å². The van der Waals surface area contributed by atoms with E-state index >= 15 is 0 Å². The third-order valence-electron chi connectivity index (χ3n) is 2.34. The summed E-state index contributed by atoms with van der Waals surface area (Å²) in [5, 5.41) is 19.9. The fraction of sp³-hybridized carbons (Fsp3) is 1.00. The Kier molecular flexibility index (Phi) is 2.64. The van der Waals surface area contributed by atoms with Crippen molar-refractivity contribution in [2.45, 2.75) is 18.4 Å². The molecule has 1 heterocycles. The van der Waals surface area contributed by atoms with Crippen molar-refractivity contribution in [1.82, 2.24) is 4.90 Å². The van der Waals surface area contributed by atoms with Crippen LogP contribution in [0.1, 0.15) is 12.8 Å². The highest BCUT2D eigenvalue weighted by molar-refractivity contribution is 4.84.